The van der Waals surface area contributed by atoms with Crippen LogP contribution in [0.15, 0.2) is 11.1 Å². The van der Waals surface area contributed by atoms with Gasteiger partial charge in [-0.2, -0.15) is 4.98 Å². The second-order valence-electron chi connectivity index (χ2n) is 5.72. The quantitative estimate of drug-likeness (QED) is 0.665. The number of rotatable bonds is 3. The molecular weight excluding hydrogens is 316 g/mol. The number of nitrogens with one attached hydrogen (secondary N) is 1. The van der Waals surface area contributed by atoms with Crippen LogP contribution in [0.3, 0.4) is 0 Å². The molecule has 0 saturated carbocycles. The third-order valence-corrected chi connectivity index (χ3v) is 4.19. The summed E-state index contributed by atoms with van der Waals surface area (Å²) >= 11 is 0. The van der Waals surface area contributed by atoms with Crippen molar-refractivity contribution in [2.24, 2.45) is 5.92 Å². The lowest BCUT2D eigenvalue weighted by molar-refractivity contribution is -0.153. The van der Waals surface area contributed by atoms with E-state index in [-0.39, 0.29) is 29.1 Å². The minimum Gasteiger partial charge on any atom is -0.457 e. The maximum atomic E-state index is 12.0. The Kier molecular flexibility index (Phi) is 4.02. The second kappa shape index (κ2) is 6.01. The van der Waals surface area contributed by atoms with Crippen LogP contribution in [0, 0.1) is 11.3 Å². The molecule has 2 aromatic rings. The average molecular weight is 333 g/mol. The molecule has 10 heteroatoms. The molecular formula is C14H17N6O4+. The summed E-state index contributed by atoms with van der Waals surface area (Å²) in [6.07, 6.45) is 0.828. The van der Waals surface area contributed by atoms with Crippen LogP contribution in [0.5, 0.6) is 0 Å². The molecule has 1 fully saturated rings. The summed E-state index contributed by atoms with van der Waals surface area (Å²) < 4.78 is 13.0. The van der Waals surface area contributed by atoms with Crippen molar-refractivity contribution in [3.8, 4) is 0 Å². The van der Waals surface area contributed by atoms with Gasteiger partial charge in [0.15, 0.2) is 12.3 Å². The van der Waals surface area contributed by atoms with Gasteiger partial charge in [-0.05, 0) is 16.4 Å². The van der Waals surface area contributed by atoms with E-state index in [1.165, 1.54) is 17.8 Å². The van der Waals surface area contributed by atoms with Crippen molar-refractivity contribution in [3.05, 3.63) is 21.7 Å². The maximum Gasteiger partial charge on any atom is 0.530 e. The van der Waals surface area contributed by atoms with Gasteiger partial charge >= 0.3 is 17.5 Å². The zero-order valence-electron chi connectivity index (χ0n) is 13.5. The van der Waals surface area contributed by atoms with E-state index in [4.69, 9.17) is 14.9 Å². The van der Waals surface area contributed by atoms with Gasteiger partial charge in [0, 0.05) is 12.8 Å². The summed E-state index contributed by atoms with van der Waals surface area (Å²) in [4.78, 5) is 36.7. The molecule has 3 heterocycles. The normalized spacial score (nSPS) is 26.4. The topological polar surface area (TPSA) is 127 Å². The number of esters is 1. The lowest BCUT2D eigenvalue weighted by Crippen LogP contribution is -2.29. The Hall–Kier alpha value is -2.80. The molecule has 2 aromatic heterocycles. The Morgan fingerprint density at radius 1 is 1.58 bits per heavy atom. The van der Waals surface area contributed by atoms with Crippen molar-refractivity contribution < 1.29 is 14.3 Å². The Labute approximate surface area is 136 Å². The van der Waals surface area contributed by atoms with E-state index in [0.29, 0.717) is 0 Å². The first-order valence-corrected chi connectivity index (χ1v) is 7.60. The van der Waals surface area contributed by atoms with E-state index < -0.39 is 23.9 Å². The molecule has 3 rings (SSSR count). The fraction of sp³-hybridized carbons (Fsp3) is 0.571. The van der Waals surface area contributed by atoms with Crippen LogP contribution in [-0.2, 0) is 14.3 Å². The summed E-state index contributed by atoms with van der Waals surface area (Å²) in [5.74, 6) is -0.694. The van der Waals surface area contributed by atoms with E-state index in [1.54, 1.807) is 0 Å². The zero-order valence-corrected chi connectivity index (χ0v) is 13.5. The third-order valence-electron chi connectivity index (χ3n) is 4.19. The summed E-state index contributed by atoms with van der Waals surface area (Å²) in [7, 11) is 0. The molecule has 0 aromatic carbocycles. The van der Waals surface area contributed by atoms with Crippen LogP contribution in [0.4, 0.5) is 5.95 Å². The Balaban J connectivity index is 2.11. The van der Waals surface area contributed by atoms with E-state index in [1.807, 2.05) is 13.8 Å². The van der Waals surface area contributed by atoms with E-state index >= 15 is 0 Å². The lowest BCUT2D eigenvalue weighted by Gasteiger charge is -2.21. The van der Waals surface area contributed by atoms with Gasteiger partial charge in [-0.3, -0.25) is 9.36 Å². The number of hydrogen-bond acceptors (Lipinski definition) is 7. The standard InChI is InChI=1S/C14H16N6O4/c1-4-8-6(2)10(23-7(3)21)13(24-8)20-5-16-9-11(20)17-14(19-15)18-12(9)22/h5-6,8,10,13H,4H2,1-3H3/p+1/t6-,8-,10-,13-/m1/s1. The molecule has 1 saturated heterocycles. The Morgan fingerprint density at radius 3 is 2.96 bits per heavy atom. The van der Waals surface area contributed by atoms with E-state index in [9.17, 15) is 9.59 Å². The first-order valence-electron chi connectivity index (χ1n) is 7.60. The number of diazo groups is 1. The van der Waals surface area contributed by atoms with Gasteiger partial charge < -0.3 is 9.47 Å². The van der Waals surface area contributed by atoms with Gasteiger partial charge in [-0.15, -0.1) is 0 Å². The number of nitrogens with zero attached hydrogens (tertiary/aromatic N) is 5. The van der Waals surface area contributed by atoms with Gasteiger partial charge in [0.1, 0.15) is 6.33 Å². The largest absolute Gasteiger partial charge is 0.530 e. The number of fused-ring (bicyclic) bond motifs is 1. The number of aromatic amines is 1. The van der Waals surface area contributed by atoms with Gasteiger partial charge in [-0.25, -0.2) is 9.78 Å². The average Bonchev–Trinajstić information content (AvgIpc) is 3.09. The SMILES string of the molecule is CC[C@H]1O[C@@H](n2cnc3c(=O)[nH]c([N+]#N)nc32)[C@H](OC(C)=O)[C@@H]1C. The highest BCUT2D eigenvalue weighted by Crippen LogP contribution is 2.38. The molecule has 0 amide bonds. The van der Waals surface area contributed by atoms with Crippen molar-refractivity contribution in [2.75, 3.05) is 0 Å². The molecule has 0 spiro atoms. The molecule has 4 atom stereocenters. The van der Waals surface area contributed by atoms with Crippen molar-refractivity contribution in [1.82, 2.24) is 19.5 Å². The number of H-pyrrole nitrogens is 1. The molecule has 0 unspecified atom stereocenters. The number of carbonyl (C=O) groups excluding carboxylic acids is 1. The molecule has 10 nitrogen and oxygen atoms in total. The van der Waals surface area contributed by atoms with Crippen LogP contribution in [0.1, 0.15) is 33.4 Å². The van der Waals surface area contributed by atoms with Crippen LogP contribution >= 0.6 is 0 Å². The molecule has 1 aliphatic heterocycles. The second-order valence-corrected chi connectivity index (χ2v) is 5.72. The number of ether oxygens (including phenoxy) is 2. The summed E-state index contributed by atoms with van der Waals surface area (Å²) in [5, 5.41) is 8.87. The van der Waals surface area contributed by atoms with E-state index in [0.717, 1.165) is 6.42 Å². The van der Waals surface area contributed by atoms with Gasteiger partial charge in [0.2, 0.25) is 5.52 Å². The number of imidazole rings is 1. The number of aromatic nitrogens is 4. The Bertz CT molecular complexity index is 881. The highest BCUT2D eigenvalue weighted by molar-refractivity contribution is 5.71. The highest BCUT2D eigenvalue weighted by Gasteiger charge is 2.45. The fourth-order valence-electron chi connectivity index (χ4n) is 3.05. The molecule has 126 valence electrons. The number of carbonyl (C=O) groups is 1. The zero-order chi connectivity index (χ0) is 17.4. The molecule has 1 N–H and O–H groups in total. The smallest absolute Gasteiger partial charge is 0.457 e. The predicted octanol–water partition coefficient (Wildman–Crippen LogP) is 1.48. The van der Waals surface area contributed by atoms with Crippen molar-refractivity contribution >= 4 is 23.1 Å². The summed E-state index contributed by atoms with van der Waals surface area (Å²) in [5.41, 5.74) is -0.258. The predicted molar refractivity (Wildman–Crippen MR) is 81.8 cm³/mol. The summed E-state index contributed by atoms with van der Waals surface area (Å²) in [6.45, 7) is 5.25. The monoisotopic (exact) mass is 333 g/mol. The fourth-order valence-corrected chi connectivity index (χ4v) is 3.05. The third kappa shape index (κ3) is 2.52. The van der Waals surface area contributed by atoms with Gasteiger partial charge in [0.05, 0.1) is 11.5 Å². The first-order chi connectivity index (χ1) is 11.5. The van der Waals surface area contributed by atoms with Crippen molar-refractivity contribution in [2.45, 2.75) is 45.6 Å². The molecule has 24 heavy (non-hydrogen) atoms. The minimum atomic E-state index is -0.667. The number of hydrogen-bond donors (Lipinski definition) is 1. The molecule has 0 aliphatic carbocycles. The molecule has 0 bridgehead atoms. The van der Waals surface area contributed by atoms with Crippen molar-refractivity contribution in [3.63, 3.8) is 0 Å². The minimum absolute atomic E-state index is 0.0367. The Morgan fingerprint density at radius 2 is 2.33 bits per heavy atom. The van der Waals surface area contributed by atoms with Crippen molar-refractivity contribution in [1.29, 1.82) is 5.39 Å². The first kappa shape index (κ1) is 16.1. The van der Waals surface area contributed by atoms with Crippen LogP contribution < -0.4 is 5.56 Å². The summed E-state index contributed by atoms with van der Waals surface area (Å²) in [6, 6.07) is 0. The van der Waals surface area contributed by atoms with Gasteiger partial charge in [-0.1, -0.05) is 13.8 Å². The van der Waals surface area contributed by atoms with Crippen LogP contribution in [-0.4, -0.2) is 37.7 Å². The van der Waals surface area contributed by atoms with E-state index in [2.05, 4.69) is 19.9 Å². The van der Waals surface area contributed by atoms with Crippen LogP contribution in [0.25, 0.3) is 16.1 Å². The van der Waals surface area contributed by atoms with Crippen LogP contribution in [0.2, 0.25) is 0 Å². The highest BCUT2D eigenvalue weighted by atomic mass is 16.6. The van der Waals surface area contributed by atoms with Gasteiger partial charge in [0.25, 0.3) is 5.65 Å². The lowest BCUT2D eigenvalue weighted by atomic mass is 9.98. The molecule has 1 aliphatic rings. The maximum absolute atomic E-state index is 12.0. The molecule has 0 radical (unpaired) electrons.